The van der Waals surface area contributed by atoms with Gasteiger partial charge in [0, 0.05) is 18.8 Å². The standard InChI is InChI=1S/C16H20N2O4S/c1-4-18(5-2)23(20,21)14-8-6-7-13(11-14)17-16(19)15-9-10-22-12(15)3/h6-11H,4-5H2,1-3H3,(H,17,19). The molecule has 0 saturated carbocycles. The Balaban J connectivity index is 2.27. The summed E-state index contributed by atoms with van der Waals surface area (Å²) < 4.78 is 31.5. The second-order valence-corrected chi connectivity index (χ2v) is 6.90. The molecule has 1 N–H and O–H groups in total. The highest BCUT2D eigenvalue weighted by Crippen LogP contribution is 2.20. The minimum absolute atomic E-state index is 0.155. The molecule has 7 heteroatoms. The van der Waals surface area contributed by atoms with E-state index in [1.807, 2.05) is 0 Å². The van der Waals surface area contributed by atoms with Crippen molar-refractivity contribution in [1.29, 1.82) is 0 Å². The van der Waals surface area contributed by atoms with Crippen molar-refractivity contribution < 1.29 is 17.6 Å². The first-order valence-corrected chi connectivity index (χ1v) is 8.79. The van der Waals surface area contributed by atoms with E-state index in [2.05, 4.69) is 5.32 Å². The minimum atomic E-state index is -3.56. The fourth-order valence-electron chi connectivity index (χ4n) is 2.27. The van der Waals surface area contributed by atoms with Gasteiger partial charge in [-0.1, -0.05) is 19.9 Å². The van der Waals surface area contributed by atoms with E-state index in [0.29, 0.717) is 30.1 Å². The molecular weight excluding hydrogens is 316 g/mol. The summed E-state index contributed by atoms with van der Waals surface area (Å²) in [6.07, 6.45) is 1.44. The first-order chi connectivity index (χ1) is 10.9. The third-order valence-electron chi connectivity index (χ3n) is 3.54. The smallest absolute Gasteiger partial charge is 0.259 e. The van der Waals surface area contributed by atoms with E-state index < -0.39 is 10.0 Å². The van der Waals surface area contributed by atoms with Gasteiger partial charge in [0.15, 0.2) is 0 Å². The third-order valence-corrected chi connectivity index (χ3v) is 5.58. The topological polar surface area (TPSA) is 79.6 Å². The number of hydrogen-bond donors (Lipinski definition) is 1. The van der Waals surface area contributed by atoms with Gasteiger partial charge in [0.2, 0.25) is 10.0 Å². The molecule has 0 radical (unpaired) electrons. The van der Waals surface area contributed by atoms with Crippen molar-refractivity contribution in [3.63, 3.8) is 0 Å². The average Bonchev–Trinajstić information content (AvgIpc) is 2.95. The Hall–Kier alpha value is -2.12. The highest BCUT2D eigenvalue weighted by Gasteiger charge is 2.22. The molecule has 1 aromatic heterocycles. The summed E-state index contributed by atoms with van der Waals surface area (Å²) in [6.45, 7) is 6.05. The number of nitrogens with zero attached hydrogens (tertiary/aromatic N) is 1. The molecule has 1 heterocycles. The van der Waals surface area contributed by atoms with Crippen molar-refractivity contribution in [3.05, 3.63) is 47.9 Å². The highest BCUT2D eigenvalue weighted by atomic mass is 32.2. The van der Waals surface area contributed by atoms with Gasteiger partial charge in [-0.2, -0.15) is 4.31 Å². The van der Waals surface area contributed by atoms with E-state index in [4.69, 9.17) is 4.42 Å². The van der Waals surface area contributed by atoms with Crippen molar-refractivity contribution in [3.8, 4) is 0 Å². The maximum Gasteiger partial charge on any atom is 0.259 e. The van der Waals surface area contributed by atoms with Crippen LogP contribution in [0.3, 0.4) is 0 Å². The molecule has 0 atom stereocenters. The number of benzene rings is 1. The van der Waals surface area contributed by atoms with Crippen LogP contribution in [0.2, 0.25) is 0 Å². The quantitative estimate of drug-likeness (QED) is 0.879. The number of hydrogen-bond acceptors (Lipinski definition) is 4. The van der Waals surface area contributed by atoms with Crippen LogP contribution < -0.4 is 5.32 Å². The van der Waals surface area contributed by atoms with E-state index in [-0.39, 0.29) is 10.8 Å². The van der Waals surface area contributed by atoms with Crippen molar-refractivity contribution in [2.45, 2.75) is 25.7 Å². The number of aryl methyl sites for hydroxylation is 1. The second-order valence-electron chi connectivity index (χ2n) is 4.96. The molecule has 1 amide bonds. The van der Waals surface area contributed by atoms with Gasteiger partial charge in [-0.05, 0) is 31.2 Å². The predicted octanol–water partition coefficient (Wildman–Crippen LogP) is 2.87. The SMILES string of the molecule is CCN(CC)S(=O)(=O)c1cccc(NC(=O)c2ccoc2C)c1. The molecule has 1 aromatic carbocycles. The molecule has 2 aromatic rings. The van der Waals surface area contributed by atoms with Crippen molar-refractivity contribution in [2.75, 3.05) is 18.4 Å². The number of carbonyl (C=O) groups is 1. The normalized spacial score (nSPS) is 11.7. The monoisotopic (exact) mass is 336 g/mol. The summed E-state index contributed by atoms with van der Waals surface area (Å²) in [4.78, 5) is 12.3. The molecule has 23 heavy (non-hydrogen) atoms. The zero-order valence-corrected chi connectivity index (χ0v) is 14.2. The fraction of sp³-hybridized carbons (Fsp3) is 0.312. The Morgan fingerprint density at radius 3 is 2.48 bits per heavy atom. The van der Waals surface area contributed by atoms with Gasteiger partial charge in [0.1, 0.15) is 5.76 Å². The molecule has 0 spiro atoms. The summed E-state index contributed by atoms with van der Waals surface area (Å²) >= 11 is 0. The molecule has 0 bridgehead atoms. The van der Waals surface area contributed by atoms with Crippen LogP contribution in [-0.2, 0) is 10.0 Å². The van der Waals surface area contributed by atoms with Crippen LogP contribution in [0.4, 0.5) is 5.69 Å². The number of anilines is 1. The molecule has 2 rings (SSSR count). The Labute approximate surface area is 136 Å². The van der Waals surface area contributed by atoms with Crippen molar-refractivity contribution in [2.24, 2.45) is 0 Å². The van der Waals surface area contributed by atoms with Crippen LogP contribution in [0.25, 0.3) is 0 Å². The van der Waals surface area contributed by atoms with Gasteiger partial charge in [-0.15, -0.1) is 0 Å². The molecule has 6 nitrogen and oxygen atoms in total. The van der Waals surface area contributed by atoms with Crippen LogP contribution in [0.1, 0.15) is 30.0 Å². The Morgan fingerprint density at radius 1 is 1.22 bits per heavy atom. The average molecular weight is 336 g/mol. The Morgan fingerprint density at radius 2 is 1.91 bits per heavy atom. The maximum absolute atomic E-state index is 12.5. The van der Waals surface area contributed by atoms with Gasteiger partial charge in [0.25, 0.3) is 5.91 Å². The number of rotatable bonds is 6. The second kappa shape index (κ2) is 6.97. The lowest BCUT2D eigenvalue weighted by Gasteiger charge is -2.18. The number of amides is 1. The molecule has 0 fully saturated rings. The lowest BCUT2D eigenvalue weighted by molar-refractivity contribution is 0.102. The van der Waals surface area contributed by atoms with Crippen molar-refractivity contribution >= 4 is 21.6 Å². The number of sulfonamides is 1. The third kappa shape index (κ3) is 3.62. The van der Waals surface area contributed by atoms with Crippen LogP contribution in [0.5, 0.6) is 0 Å². The molecule has 124 valence electrons. The van der Waals surface area contributed by atoms with E-state index in [1.165, 1.54) is 22.7 Å². The van der Waals surface area contributed by atoms with E-state index in [9.17, 15) is 13.2 Å². The largest absolute Gasteiger partial charge is 0.469 e. The molecule has 0 saturated heterocycles. The predicted molar refractivity (Wildman–Crippen MR) is 87.9 cm³/mol. The van der Waals surface area contributed by atoms with Gasteiger partial charge >= 0.3 is 0 Å². The molecule has 0 unspecified atom stereocenters. The summed E-state index contributed by atoms with van der Waals surface area (Å²) in [5.41, 5.74) is 0.839. The molecule has 0 aliphatic rings. The van der Waals surface area contributed by atoms with Crippen LogP contribution >= 0.6 is 0 Å². The van der Waals surface area contributed by atoms with Crippen LogP contribution in [0.15, 0.2) is 45.9 Å². The zero-order valence-electron chi connectivity index (χ0n) is 13.4. The molecule has 0 aliphatic heterocycles. The molecular formula is C16H20N2O4S. The summed E-state index contributed by atoms with van der Waals surface area (Å²) in [5, 5.41) is 2.69. The summed E-state index contributed by atoms with van der Waals surface area (Å²) in [6, 6.07) is 7.80. The van der Waals surface area contributed by atoms with E-state index >= 15 is 0 Å². The summed E-state index contributed by atoms with van der Waals surface area (Å²) in [7, 11) is -3.56. The van der Waals surface area contributed by atoms with E-state index in [1.54, 1.807) is 39.0 Å². The zero-order chi connectivity index (χ0) is 17.0. The van der Waals surface area contributed by atoms with Gasteiger partial charge in [-0.25, -0.2) is 8.42 Å². The number of nitrogens with one attached hydrogen (secondary N) is 1. The van der Waals surface area contributed by atoms with Gasteiger partial charge in [-0.3, -0.25) is 4.79 Å². The first kappa shape index (κ1) is 17.2. The van der Waals surface area contributed by atoms with Crippen molar-refractivity contribution in [1.82, 2.24) is 4.31 Å². The van der Waals surface area contributed by atoms with E-state index in [0.717, 1.165) is 0 Å². The lowest BCUT2D eigenvalue weighted by atomic mass is 10.2. The number of furan rings is 1. The first-order valence-electron chi connectivity index (χ1n) is 7.35. The van der Waals surface area contributed by atoms with Crippen LogP contribution in [0, 0.1) is 6.92 Å². The van der Waals surface area contributed by atoms with Gasteiger partial charge in [0.05, 0.1) is 16.7 Å². The van der Waals surface area contributed by atoms with Gasteiger partial charge < -0.3 is 9.73 Å². The Kier molecular flexibility index (Phi) is 5.23. The number of carbonyl (C=O) groups excluding carboxylic acids is 1. The Bertz CT molecular complexity index is 792. The summed E-state index contributed by atoms with van der Waals surface area (Å²) in [5.74, 6) is 0.169. The molecule has 0 aliphatic carbocycles. The minimum Gasteiger partial charge on any atom is -0.469 e. The van der Waals surface area contributed by atoms with Crippen LogP contribution in [-0.4, -0.2) is 31.7 Å². The highest BCUT2D eigenvalue weighted by molar-refractivity contribution is 7.89. The lowest BCUT2D eigenvalue weighted by Crippen LogP contribution is -2.30. The maximum atomic E-state index is 12.5. The fourth-order valence-corrected chi connectivity index (χ4v) is 3.77.